The van der Waals surface area contributed by atoms with Gasteiger partial charge in [-0.05, 0) is 37.6 Å². The van der Waals surface area contributed by atoms with Gasteiger partial charge in [-0.25, -0.2) is 9.50 Å². The van der Waals surface area contributed by atoms with Crippen LogP contribution in [-0.2, 0) is 6.18 Å². The molecule has 124 valence electrons. The van der Waals surface area contributed by atoms with E-state index in [1.54, 1.807) is 19.9 Å². The van der Waals surface area contributed by atoms with Crippen LogP contribution in [0, 0.1) is 13.8 Å². The molecule has 5 nitrogen and oxygen atoms in total. The van der Waals surface area contributed by atoms with E-state index in [0.29, 0.717) is 17.2 Å². The third-order valence-corrected chi connectivity index (χ3v) is 3.46. The van der Waals surface area contributed by atoms with E-state index >= 15 is 0 Å². The number of nitrogens with zero attached hydrogens (tertiary/aromatic N) is 3. The first-order valence-electron chi connectivity index (χ1n) is 7.07. The van der Waals surface area contributed by atoms with Crippen molar-refractivity contribution in [2.45, 2.75) is 20.0 Å². The first-order valence-corrected chi connectivity index (χ1v) is 7.07. The summed E-state index contributed by atoms with van der Waals surface area (Å²) in [6, 6.07) is 6.29. The first kappa shape index (κ1) is 16.0. The number of benzene rings is 1. The molecular weight excluding hydrogens is 321 g/mol. The number of anilines is 1. The Morgan fingerprint density at radius 1 is 1.21 bits per heavy atom. The molecule has 24 heavy (non-hydrogen) atoms. The van der Waals surface area contributed by atoms with Crippen molar-refractivity contribution in [3.63, 3.8) is 0 Å². The van der Waals surface area contributed by atoms with E-state index in [4.69, 9.17) is 0 Å². The van der Waals surface area contributed by atoms with Crippen molar-refractivity contribution < 1.29 is 18.0 Å². The lowest BCUT2D eigenvalue weighted by Gasteiger charge is -2.13. The predicted octanol–water partition coefficient (Wildman–Crippen LogP) is 3.62. The zero-order chi connectivity index (χ0) is 17.5. The number of halogens is 3. The minimum Gasteiger partial charge on any atom is -0.321 e. The third-order valence-electron chi connectivity index (χ3n) is 3.46. The fourth-order valence-electron chi connectivity index (χ4n) is 2.45. The molecule has 0 aliphatic rings. The zero-order valence-corrected chi connectivity index (χ0v) is 12.8. The molecule has 0 aliphatic carbocycles. The number of nitrogens with one attached hydrogen (secondary N) is 1. The van der Waals surface area contributed by atoms with Gasteiger partial charge >= 0.3 is 6.18 Å². The van der Waals surface area contributed by atoms with Gasteiger partial charge in [0.05, 0.1) is 23.0 Å². The number of alkyl halides is 3. The van der Waals surface area contributed by atoms with Crippen molar-refractivity contribution in [2.75, 3.05) is 5.32 Å². The molecule has 1 aromatic carbocycles. The Hall–Kier alpha value is -2.90. The summed E-state index contributed by atoms with van der Waals surface area (Å²) >= 11 is 0. The van der Waals surface area contributed by atoms with E-state index in [9.17, 15) is 18.0 Å². The number of hydrogen-bond donors (Lipinski definition) is 1. The molecule has 3 rings (SSSR count). The van der Waals surface area contributed by atoms with Gasteiger partial charge < -0.3 is 5.32 Å². The summed E-state index contributed by atoms with van der Waals surface area (Å²) < 4.78 is 40.5. The fourth-order valence-corrected chi connectivity index (χ4v) is 2.45. The van der Waals surface area contributed by atoms with Crippen LogP contribution in [0.25, 0.3) is 5.65 Å². The number of aromatic nitrogens is 3. The Bertz CT molecular complexity index is 931. The van der Waals surface area contributed by atoms with Crippen molar-refractivity contribution in [2.24, 2.45) is 0 Å². The first-order chi connectivity index (χ1) is 11.3. The van der Waals surface area contributed by atoms with Gasteiger partial charge in [0.15, 0.2) is 5.65 Å². The standard InChI is InChI=1S/C16H13F3N4O/c1-9-7-11(8-23-14(9)20-10(2)22-23)21-15(24)12-5-3-4-6-13(12)16(17,18)19/h3-8H,1-2H3,(H,21,24). The van der Waals surface area contributed by atoms with Gasteiger partial charge in [-0.1, -0.05) is 12.1 Å². The van der Waals surface area contributed by atoms with Gasteiger partial charge in [-0.2, -0.15) is 18.3 Å². The zero-order valence-electron chi connectivity index (χ0n) is 12.8. The third kappa shape index (κ3) is 2.94. The maximum absolute atomic E-state index is 13.0. The molecule has 0 saturated carbocycles. The Balaban J connectivity index is 1.96. The number of rotatable bonds is 2. The van der Waals surface area contributed by atoms with Crippen molar-refractivity contribution in [3.8, 4) is 0 Å². The number of amides is 1. The van der Waals surface area contributed by atoms with E-state index in [0.717, 1.165) is 17.7 Å². The summed E-state index contributed by atoms with van der Waals surface area (Å²) in [4.78, 5) is 16.5. The summed E-state index contributed by atoms with van der Waals surface area (Å²) in [6.45, 7) is 3.51. The largest absolute Gasteiger partial charge is 0.417 e. The molecule has 3 aromatic rings. The van der Waals surface area contributed by atoms with E-state index in [-0.39, 0.29) is 0 Å². The molecular formula is C16H13F3N4O. The molecule has 1 N–H and O–H groups in total. The van der Waals surface area contributed by atoms with Crippen LogP contribution in [0.1, 0.15) is 27.3 Å². The van der Waals surface area contributed by atoms with Crippen molar-refractivity contribution >= 4 is 17.2 Å². The summed E-state index contributed by atoms with van der Waals surface area (Å²) in [6.07, 6.45) is -3.09. The van der Waals surface area contributed by atoms with Crippen molar-refractivity contribution in [1.29, 1.82) is 0 Å². The van der Waals surface area contributed by atoms with E-state index in [2.05, 4.69) is 15.4 Å². The Morgan fingerprint density at radius 3 is 2.62 bits per heavy atom. The molecule has 2 heterocycles. The Morgan fingerprint density at radius 2 is 1.92 bits per heavy atom. The number of pyridine rings is 1. The molecule has 8 heteroatoms. The maximum Gasteiger partial charge on any atom is 0.417 e. The highest BCUT2D eigenvalue weighted by Crippen LogP contribution is 2.32. The summed E-state index contributed by atoms with van der Waals surface area (Å²) in [5.74, 6) is -0.275. The highest BCUT2D eigenvalue weighted by Gasteiger charge is 2.34. The van der Waals surface area contributed by atoms with E-state index in [1.807, 2.05) is 0 Å². The quantitative estimate of drug-likeness (QED) is 0.779. The summed E-state index contributed by atoms with van der Waals surface area (Å²) in [5.41, 5.74) is 0.306. The average Bonchev–Trinajstić information content (AvgIpc) is 2.87. The van der Waals surface area contributed by atoms with Crippen LogP contribution in [0.15, 0.2) is 36.5 Å². The van der Waals surface area contributed by atoms with Gasteiger partial charge in [0.25, 0.3) is 5.91 Å². The Kier molecular flexibility index (Phi) is 3.75. The van der Waals surface area contributed by atoms with Crippen LogP contribution in [-0.4, -0.2) is 20.5 Å². The number of hydrogen-bond acceptors (Lipinski definition) is 3. The fraction of sp³-hybridized carbons (Fsp3) is 0.188. The highest BCUT2D eigenvalue weighted by molar-refractivity contribution is 6.05. The topological polar surface area (TPSA) is 59.3 Å². The van der Waals surface area contributed by atoms with Gasteiger partial charge in [0, 0.05) is 0 Å². The van der Waals surface area contributed by atoms with Crippen LogP contribution >= 0.6 is 0 Å². The monoisotopic (exact) mass is 334 g/mol. The molecule has 0 radical (unpaired) electrons. The van der Waals surface area contributed by atoms with Gasteiger partial charge in [0.1, 0.15) is 5.82 Å². The molecule has 1 amide bonds. The minimum absolute atomic E-state index is 0.340. The normalized spacial score (nSPS) is 11.7. The van der Waals surface area contributed by atoms with E-state index in [1.165, 1.54) is 22.8 Å². The van der Waals surface area contributed by atoms with Gasteiger partial charge in [0.2, 0.25) is 0 Å². The number of fused-ring (bicyclic) bond motifs is 1. The van der Waals surface area contributed by atoms with Crippen LogP contribution in [0.5, 0.6) is 0 Å². The maximum atomic E-state index is 13.0. The molecule has 0 atom stereocenters. The molecule has 0 unspecified atom stereocenters. The lowest BCUT2D eigenvalue weighted by Crippen LogP contribution is -2.19. The number of aryl methyl sites for hydroxylation is 2. The van der Waals surface area contributed by atoms with Crippen LogP contribution < -0.4 is 5.32 Å². The lowest BCUT2D eigenvalue weighted by molar-refractivity contribution is -0.137. The predicted molar refractivity (Wildman–Crippen MR) is 81.9 cm³/mol. The van der Waals surface area contributed by atoms with Crippen LogP contribution in [0.4, 0.5) is 18.9 Å². The van der Waals surface area contributed by atoms with E-state index < -0.39 is 23.2 Å². The molecule has 0 fully saturated rings. The van der Waals surface area contributed by atoms with Crippen molar-refractivity contribution in [3.05, 3.63) is 59.0 Å². The lowest BCUT2D eigenvalue weighted by atomic mass is 10.1. The second-order valence-corrected chi connectivity index (χ2v) is 5.34. The molecule has 0 bridgehead atoms. The SMILES string of the molecule is Cc1nc2c(C)cc(NC(=O)c3ccccc3C(F)(F)F)cn2n1. The second-order valence-electron chi connectivity index (χ2n) is 5.34. The summed E-state index contributed by atoms with van der Waals surface area (Å²) in [7, 11) is 0. The van der Waals surface area contributed by atoms with Crippen LogP contribution in [0.3, 0.4) is 0 Å². The molecule has 0 saturated heterocycles. The molecule has 0 aliphatic heterocycles. The summed E-state index contributed by atoms with van der Waals surface area (Å²) in [5, 5.41) is 6.63. The average molecular weight is 334 g/mol. The van der Waals surface area contributed by atoms with Gasteiger partial charge in [-0.15, -0.1) is 0 Å². The number of carbonyl (C=O) groups excluding carboxylic acids is 1. The smallest absolute Gasteiger partial charge is 0.321 e. The van der Waals surface area contributed by atoms with Crippen molar-refractivity contribution in [1.82, 2.24) is 14.6 Å². The molecule has 0 spiro atoms. The van der Waals surface area contributed by atoms with Gasteiger partial charge in [-0.3, -0.25) is 4.79 Å². The van der Waals surface area contributed by atoms with Crippen LogP contribution in [0.2, 0.25) is 0 Å². The molecule has 2 aromatic heterocycles. The number of carbonyl (C=O) groups is 1. The second kappa shape index (κ2) is 5.63. The highest BCUT2D eigenvalue weighted by atomic mass is 19.4. The minimum atomic E-state index is -4.60. The Labute approximate surface area is 135 Å².